The number of ether oxygens (including phenoxy) is 2. The van der Waals surface area contributed by atoms with Crippen LogP contribution < -0.4 is 14.4 Å². The van der Waals surface area contributed by atoms with E-state index in [1.165, 1.54) is 0 Å². The number of fused-ring (bicyclic) bond motifs is 4. The number of hydrogen-bond acceptors (Lipinski definition) is 5. The van der Waals surface area contributed by atoms with E-state index in [2.05, 4.69) is 4.98 Å². The van der Waals surface area contributed by atoms with Crippen LogP contribution in [0.4, 0.5) is 5.69 Å². The van der Waals surface area contributed by atoms with Crippen molar-refractivity contribution in [2.75, 3.05) is 51.7 Å². The van der Waals surface area contributed by atoms with Crippen LogP contribution in [0, 0.1) is 0 Å². The fraction of sp³-hybridized carbons (Fsp3) is 0.296. The van der Waals surface area contributed by atoms with Gasteiger partial charge in [0.25, 0.3) is 5.91 Å². The number of alkyl halides is 1. The number of phenols is 1. The van der Waals surface area contributed by atoms with Crippen molar-refractivity contribution in [3.8, 4) is 17.2 Å². The van der Waals surface area contributed by atoms with Gasteiger partial charge in [0.05, 0.1) is 12.8 Å². The van der Waals surface area contributed by atoms with Crippen molar-refractivity contribution in [3.63, 3.8) is 0 Å². The Labute approximate surface area is 208 Å². The number of hydrogen-bond donors (Lipinski definition) is 2. The van der Waals surface area contributed by atoms with Crippen molar-refractivity contribution in [3.05, 3.63) is 59.8 Å². The molecule has 7 nitrogen and oxygen atoms in total. The third-order valence-electron chi connectivity index (χ3n) is 6.51. The van der Waals surface area contributed by atoms with Crippen molar-refractivity contribution in [2.45, 2.75) is 5.92 Å². The van der Waals surface area contributed by atoms with Crippen molar-refractivity contribution in [1.29, 1.82) is 0 Å². The lowest BCUT2D eigenvalue weighted by Crippen LogP contribution is -2.30. The van der Waals surface area contributed by atoms with Crippen LogP contribution in [0.1, 0.15) is 22.0 Å². The number of rotatable bonds is 7. The Hall–Kier alpha value is -3.42. The molecule has 1 aromatic heterocycles. The monoisotopic (exact) mass is 493 g/mol. The first-order valence-corrected chi connectivity index (χ1v) is 12.1. The molecule has 0 spiro atoms. The highest BCUT2D eigenvalue weighted by molar-refractivity contribution is 6.19. The lowest BCUT2D eigenvalue weighted by atomic mass is 9.95. The smallest absolute Gasteiger partial charge is 0.274 e. The summed E-state index contributed by atoms with van der Waals surface area (Å²) in [5.74, 6) is 1.55. The Morgan fingerprint density at radius 2 is 1.94 bits per heavy atom. The number of anilines is 1. The number of likely N-dealkylation sites (N-methyl/N-ethyl adjacent to an activating group) is 1. The number of aromatic hydroxyl groups is 1. The minimum atomic E-state index is -0.182. The zero-order valence-corrected chi connectivity index (χ0v) is 20.7. The summed E-state index contributed by atoms with van der Waals surface area (Å²) in [4.78, 5) is 20.7. The van der Waals surface area contributed by atoms with Gasteiger partial charge in [0.1, 0.15) is 18.1 Å². The average molecular weight is 494 g/mol. The molecule has 5 rings (SSSR count). The molecule has 2 N–H and O–H groups in total. The van der Waals surface area contributed by atoms with Crippen molar-refractivity contribution in [2.24, 2.45) is 0 Å². The Bertz CT molecular complexity index is 1410. The number of nitrogens with zero attached hydrogens (tertiary/aromatic N) is 2. The molecule has 4 aromatic rings. The third-order valence-corrected chi connectivity index (χ3v) is 6.88. The Kier molecular flexibility index (Phi) is 6.21. The second-order valence-electron chi connectivity index (χ2n) is 9.07. The van der Waals surface area contributed by atoms with Crippen molar-refractivity contribution < 1.29 is 19.4 Å². The molecule has 1 amide bonds. The lowest BCUT2D eigenvalue weighted by Gasteiger charge is -2.17. The van der Waals surface area contributed by atoms with Gasteiger partial charge in [0.2, 0.25) is 0 Å². The maximum atomic E-state index is 13.7. The van der Waals surface area contributed by atoms with E-state index in [9.17, 15) is 9.90 Å². The first-order chi connectivity index (χ1) is 16.9. The summed E-state index contributed by atoms with van der Waals surface area (Å²) in [5.41, 5.74) is 2.91. The topological polar surface area (TPSA) is 78.0 Å². The number of carbonyl (C=O) groups excluding carboxylic acids is 1. The number of halogens is 1. The molecule has 1 atom stereocenters. The molecular formula is C27H28ClN3O4. The molecular weight excluding hydrogens is 466 g/mol. The summed E-state index contributed by atoms with van der Waals surface area (Å²) >= 11 is 6.33. The highest BCUT2D eigenvalue weighted by Crippen LogP contribution is 2.45. The number of aromatic nitrogens is 1. The van der Waals surface area contributed by atoms with Crippen LogP contribution >= 0.6 is 11.6 Å². The summed E-state index contributed by atoms with van der Waals surface area (Å²) in [7, 11) is 5.57. The SMILES string of the molecule is COc1cc2[nH]c(C(=O)N3CC(CCl)c4c3cc(O)c3ccccc43)cc2cc1OCCN(C)C. The number of aromatic amines is 1. The predicted molar refractivity (Wildman–Crippen MR) is 140 cm³/mol. The number of phenolic OH excluding ortho intramolecular Hbond substituents is 1. The van der Waals surface area contributed by atoms with Gasteiger partial charge in [-0.25, -0.2) is 0 Å². The van der Waals surface area contributed by atoms with Gasteiger partial charge in [-0.1, -0.05) is 24.3 Å². The van der Waals surface area contributed by atoms with E-state index in [0.717, 1.165) is 33.8 Å². The number of benzene rings is 3. The number of amides is 1. The molecule has 182 valence electrons. The number of carbonyl (C=O) groups is 1. The van der Waals surface area contributed by atoms with Gasteiger partial charge >= 0.3 is 0 Å². The molecule has 0 fully saturated rings. The fourth-order valence-corrected chi connectivity index (χ4v) is 5.01. The first-order valence-electron chi connectivity index (χ1n) is 11.5. The maximum absolute atomic E-state index is 13.7. The lowest BCUT2D eigenvalue weighted by molar-refractivity contribution is 0.0984. The summed E-state index contributed by atoms with van der Waals surface area (Å²) < 4.78 is 11.4. The van der Waals surface area contributed by atoms with E-state index in [1.807, 2.05) is 61.5 Å². The van der Waals surface area contributed by atoms with Crippen LogP contribution in [0.5, 0.6) is 17.2 Å². The Morgan fingerprint density at radius 1 is 1.17 bits per heavy atom. The predicted octanol–water partition coefficient (Wildman–Crippen LogP) is 4.96. The Morgan fingerprint density at radius 3 is 2.66 bits per heavy atom. The van der Waals surface area contributed by atoms with E-state index >= 15 is 0 Å². The summed E-state index contributed by atoms with van der Waals surface area (Å²) in [6.45, 7) is 1.74. The quantitative estimate of drug-likeness (QED) is 0.356. The summed E-state index contributed by atoms with van der Waals surface area (Å²) in [5, 5.41) is 13.2. The molecule has 2 heterocycles. The van der Waals surface area contributed by atoms with Crippen LogP contribution in [-0.4, -0.2) is 67.7 Å². The summed E-state index contributed by atoms with van der Waals surface area (Å²) in [6.07, 6.45) is 0. The second-order valence-corrected chi connectivity index (χ2v) is 9.37. The van der Waals surface area contributed by atoms with Gasteiger partial charge < -0.3 is 29.4 Å². The van der Waals surface area contributed by atoms with Crippen molar-refractivity contribution >= 4 is 44.9 Å². The largest absolute Gasteiger partial charge is 0.507 e. The van der Waals surface area contributed by atoms with Gasteiger partial charge in [0.15, 0.2) is 11.5 Å². The average Bonchev–Trinajstić information content (AvgIpc) is 3.44. The molecule has 0 saturated carbocycles. The third kappa shape index (κ3) is 4.15. The van der Waals surface area contributed by atoms with Crippen molar-refractivity contribution in [1.82, 2.24) is 9.88 Å². The normalized spacial score (nSPS) is 15.2. The van der Waals surface area contributed by atoms with Gasteiger partial charge in [-0.2, -0.15) is 0 Å². The highest BCUT2D eigenvalue weighted by atomic mass is 35.5. The van der Waals surface area contributed by atoms with E-state index in [1.54, 1.807) is 18.1 Å². The maximum Gasteiger partial charge on any atom is 0.274 e. The minimum absolute atomic E-state index is 0.0257. The molecule has 0 bridgehead atoms. The number of H-pyrrole nitrogens is 1. The Balaban J connectivity index is 1.51. The van der Waals surface area contributed by atoms with Gasteiger partial charge in [-0.3, -0.25) is 4.79 Å². The molecule has 3 aromatic carbocycles. The van der Waals surface area contributed by atoms with Crippen LogP contribution in [-0.2, 0) is 0 Å². The number of methoxy groups -OCH3 is 1. The standard InChI is InChI=1S/C27H28ClN3O4/c1-30(2)8-9-35-25-11-16-10-21(29-20(16)12-24(25)34-3)27(33)31-15-17(14-28)26-19-7-5-4-6-18(19)23(32)13-22(26)31/h4-7,10-13,17,29,32H,8-9,14-15H2,1-3H3. The molecule has 0 aliphatic carbocycles. The van der Waals surface area contributed by atoms with E-state index in [4.69, 9.17) is 21.1 Å². The van der Waals surface area contributed by atoms with Crippen LogP contribution in [0.2, 0.25) is 0 Å². The van der Waals surface area contributed by atoms with Gasteiger partial charge in [-0.05, 0) is 37.2 Å². The summed E-state index contributed by atoms with van der Waals surface area (Å²) in [6, 6.07) is 14.9. The number of nitrogens with one attached hydrogen (secondary N) is 1. The zero-order chi connectivity index (χ0) is 24.7. The molecule has 0 radical (unpaired) electrons. The molecule has 0 saturated heterocycles. The molecule has 1 aliphatic rings. The molecule has 1 unspecified atom stereocenters. The highest BCUT2D eigenvalue weighted by Gasteiger charge is 2.35. The van der Waals surface area contributed by atoms with Crippen LogP contribution in [0.15, 0.2) is 48.5 Å². The van der Waals surface area contributed by atoms with Crippen LogP contribution in [0.3, 0.4) is 0 Å². The molecule has 35 heavy (non-hydrogen) atoms. The minimum Gasteiger partial charge on any atom is -0.507 e. The second kappa shape index (κ2) is 9.32. The zero-order valence-electron chi connectivity index (χ0n) is 20.0. The fourth-order valence-electron chi connectivity index (χ4n) is 4.76. The van der Waals surface area contributed by atoms with Gasteiger partial charge in [-0.15, -0.1) is 11.6 Å². The molecule has 8 heteroatoms. The van der Waals surface area contributed by atoms with Gasteiger partial charge in [0, 0.05) is 53.3 Å². The van der Waals surface area contributed by atoms with Crippen LogP contribution in [0.25, 0.3) is 21.7 Å². The van der Waals surface area contributed by atoms with E-state index in [-0.39, 0.29) is 17.6 Å². The van der Waals surface area contributed by atoms with E-state index in [0.29, 0.717) is 41.9 Å². The first kappa shape index (κ1) is 23.3. The molecule has 1 aliphatic heterocycles. The van der Waals surface area contributed by atoms with E-state index < -0.39 is 0 Å².